The van der Waals surface area contributed by atoms with Crippen LogP contribution in [0, 0.1) is 12.3 Å². The Labute approximate surface area is 349 Å². The molecule has 0 fully saturated rings. The number of hydrogen-bond donors (Lipinski definition) is 0. The lowest BCUT2D eigenvalue weighted by molar-refractivity contribution is 0.392. The zero-order chi connectivity index (χ0) is 40.8. The van der Waals surface area contributed by atoms with Crippen LogP contribution in [0.5, 0.6) is 0 Å². The van der Waals surface area contributed by atoms with E-state index in [9.17, 15) is 0 Å². The quantitative estimate of drug-likeness (QED) is 0.165. The highest BCUT2D eigenvalue weighted by molar-refractivity contribution is 7.00. The second kappa shape index (κ2) is 12.5. The number of aryl methyl sites for hydroxylation is 3. The molecule has 2 aliphatic heterocycles. The fraction of sp³-hybridized carbons (Fsp3) is 0.370. The van der Waals surface area contributed by atoms with E-state index in [0.29, 0.717) is 0 Å². The summed E-state index contributed by atoms with van der Waals surface area (Å²) in [6.45, 7) is 29.0. The average molecular weight is 777 g/mol. The lowest BCUT2D eigenvalue weighted by atomic mass is 9.33. The Hall–Kier alpha value is -4.54. The summed E-state index contributed by atoms with van der Waals surface area (Å²) in [6.07, 6.45) is 5.77. The third kappa shape index (κ3) is 5.79. The number of anilines is 6. The predicted octanol–water partition coefficient (Wildman–Crippen LogP) is 12.0. The Morgan fingerprint density at radius 3 is 1.83 bits per heavy atom. The van der Waals surface area contributed by atoms with E-state index in [0.717, 1.165) is 25.7 Å². The molecule has 0 amide bonds. The first-order chi connectivity index (χ1) is 27.3. The second-order valence-electron chi connectivity index (χ2n) is 22.2. The van der Waals surface area contributed by atoms with Crippen LogP contribution in [-0.4, -0.2) is 14.8 Å². The molecule has 0 saturated carbocycles. The van der Waals surface area contributed by atoms with Gasteiger partial charge < -0.3 is 9.80 Å². The van der Waals surface area contributed by atoms with Crippen LogP contribution in [0.1, 0.15) is 101 Å². The van der Waals surface area contributed by atoms with Gasteiger partial charge in [-0.05, 0) is 152 Å². The van der Waals surface area contributed by atoms with Crippen LogP contribution in [0.4, 0.5) is 34.1 Å². The van der Waals surface area contributed by atoms with Crippen molar-refractivity contribution in [2.45, 2.75) is 125 Å². The van der Waals surface area contributed by atoms with Crippen LogP contribution < -0.4 is 31.4 Å². The van der Waals surface area contributed by atoms with E-state index in [1.807, 2.05) is 0 Å². The number of hydrogen-bond acceptors (Lipinski definition) is 2. The summed E-state index contributed by atoms with van der Waals surface area (Å²) in [5, 5.41) is 4.37. The van der Waals surface area contributed by atoms with Gasteiger partial charge >= 0.3 is 0 Å². The largest absolute Gasteiger partial charge is 0.311 e. The van der Waals surface area contributed by atoms with Crippen molar-refractivity contribution in [3.05, 3.63) is 130 Å². The van der Waals surface area contributed by atoms with Crippen LogP contribution in [0.2, 0.25) is 19.6 Å². The van der Waals surface area contributed by atoms with Crippen molar-refractivity contribution >= 4 is 81.3 Å². The van der Waals surface area contributed by atoms with Crippen molar-refractivity contribution < 1.29 is 0 Å². The van der Waals surface area contributed by atoms with E-state index in [2.05, 4.69) is 183 Å². The van der Waals surface area contributed by atoms with Crippen molar-refractivity contribution in [1.29, 1.82) is 0 Å². The number of fused-ring (bicyclic) bond motifs is 5. The first kappa shape index (κ1) is 37.7. The number of nitrogens with zero attached hydrogens (tertiary/aromatic N) is 2. The summed E-state index contributed by atoms with van der Waals surface area (Å²) in [7, 11) is -1.52. The van der Waals surface area contributed by atoms with E-state index in [4.69, 9.17) is 0 Å². The molecule has 294 valence electrons. The fourth-order valence-corrected chi connectivity index (χ4v) is 12.2. The molecule has 6 aromatic carbocycles. The zero-order valence-corrected chi connectivity index (χ0v) is 38.2. The molecule has 0 spiro atoms. The van der Waals surface area contributed by atoms with Gasteiger partial charge in [-0.1, -0.05) is 135 Å². The highest BCUT2D eigenvalue weighted by Gasteiger charge is 2.46. The average Bonchev–Trinajstić information content (AvgIpc) is 3.46. The predicted molar refractivity (Wildman–Crippen MR) is 256 cm³/mol. The third-order valence-corrected chi connectivity index (χ3v) is 16.1. The monoisotopic (exact) mass is 776 g/mol. The first-order valence-corrected chi connectivity index (χ1v) is 25.5. The van der Waals surface area contributed by atoms with Gasteiger partial charge in [-0.25, -0.2) is 0 Å². The minimum absolute atomic E-state index is 0.00655. The molecule has 0 atom stereocenters. The van der Waals surface area contributed by atoms with Gasteiger partial charge in [0.15, 0.2) is 0 Å². The summed E-state index contributed by atoms with van der Waals surface area (Å²) in [5.74, 6) is 0. The smallest absolute Gasteiger partial charge is 0.252 e. The molecule has 2 aliphatic carbocycles. The maximum absolute atomic E-state index is 2.70. The van der Waals surface area contributed by atoms with Crippen LogP contribution in [0.25, 0.3) is 10.8 Å². The van der Waals surface area contributed by atoms with E-state index in [1.165, 1.54) is 112 Å². The molecule has 4 heteroatoms. The maximum Gasteiger partial charge on any atom is 0.252 e. The van der Waals surface area contributed by atoms with Gasteiger partial charge in [0.25, 0.3) is 6.71 Å². The summed E-state index contributed by atoms with van der Waals surface area (Å²) >= 11 is 0. The third-order valence-electron chi connectivity index (χ3n) is 14.1. The van der Waals surface area contributed by atoms with Gasteiger partial charge in [-0.15, -0.1) is 0 Å². The van der Waals surface area contributed by atoms with Crippen molar-refractivity contribution in [1.82, 2.24) is 0 Å². The second-order valence-corrected chi connectivity index (χ2v) is 27.3. The van der Waals surface area contributed by atoms with Gasteiger partial charge in [-0.3, -0.25) is 0 Å². The van der Waals surface area contributed by atoms with Gasteiger partial charge in [0.2, 0.25) is 0 Å². The molecule has 2 nitrogen and oxygen atoms in total. The van der Waals surface area contributed by atoms with Crippen molar-refractivity contribution in [3.8, 4) is 0 Å². The molecular weight excluding hydrogens is 716 g/mol. The molecule has 6 aromatic rings. The van der Waals surface area contributed by atoms with Gasteiger partial charge in [0, 0.05) is 33.8 Å². The van der Waals surface area contributed by atoms with E-state index in [-0.39, 0.29) is 23.0 Å². The molecule has 0 N–H and O–H groups in total. The van der Waals surface area contributed by atoms with Crippen molar-refractivity contribution in [2.24, 2.45) is 5.41 Å². The molecule has 0 radical (unpaired) electrons. The Morgan fingerprint density at radius 1 is 0.569 bits per heavy atom. The van der Waals surface area contributed by atoms with Gasteiger partial charge in [0.1, 0.15) is 0 Å². The molecule has 0 bridgehead atoms. The Kier molecular flexibility index (Phi) is 8.12. The zero-order valence-electron chi connectivity index (χ0n) is 37.2. The standard InChI is InChI=1S/C54H61BN2Si/c1-33-25-40(58(10,11)12)21-24-44(33)56-46-27-37-32-54(8,9)31-36(37)26-43(46)55-42-22-20-38(52(2,3)4)28-47(42)57(49-30-39(53(5,6)7)29-48(56)51(49)55)45-23-19-35-16-13-15-34-17-14-18-41(45)50(34)35/h14,17-30H,13,15-16,31-32H2,1-12H3. The van der Waals surface area contributed by atoms with Gasteiger partial charge in [-0.2, -0.15) is 0 Å². The summed E-state index contributed by atoms with van der Waals surface area (Å²) in [4.78, 5) is 5.40. The van der Waals surface area contributed by atoms with Crippen LogP contribution in [0.3, 0.4) is 0 Å². The summed E-state index contributed by atoms with van der Waals surface area (Å²) < 4.78 is 0. The van der Waals surface area contributed by atoms with E-state index < -0.39 is 8.07 Å². The molecule has 2 heterocycles. The molecule has 4 aliphatic rings. The highest BCUT2D eigenvalue weighted by atomic mass is 28.3. The summed E-state index contributed by atoms with van der Waals surface area (Å²) in [5.41, 5.74) is 22.6. The molecule has 10 rings (SSSR count). The minimum atomic E-state index is -1.52. The lowest BCUT2D eigenvalue weighted by Crippen LogP contribution is -2.61. The first-order valence-electron chi connectivity index (χ1n) is 22.0. The van der Waals surface area contributed by atoms with Crippen LogP contribution in [0.15, 0.2) is 91.0 Å². The lowest BCUT2D eigenvalue weighted by Gasteiger charge is -2.46. The SMILES string of the molecule is Cc1cc([Si](C)(C)C)ccc1N1c2cc3c(cc2B2c4ccc(C(C)(C)C)cc4N(c4ccc5c6c(cccc46)CCC5)c4cc(C(C)(C)C)cc1c42)CC(C)(C)C3. The molecule has 0 unspecified atom stereocenters. The topological polar surface area (TPSA) is 6.48 Å². The molecule has 0 saturated heterocycles. The molecule has 0 aromatic heterocycles. The number of rotatable bonds is 3. The van der Waals surface area contributed by atoms with E-state index >= 15 is 0 Å². The molecular formula is C54H61BN2Si. The Balaban J connectivity index is 1.35. The van der Waals surface area contributed by atoms with Gasteiger partial charge in [0.05, 0.1) is 13.8 Å². The summed E-state index contributed by atoms with van der Waals surface area (Å²) in [6, 6.07) is 37.3. The Bertz CT molecular complexity index is 2710. The maximum atomic E-state index is 2.70. The van der Waals surface area contributed by atoms with Crippen LogP contribution in [-0.2, 0) is 36.5 Å². The van der Waals surface area contributed by atoms with Crippen molar-refractivity contribution in [3.63, 3.8) is 0 Å². The Morgan fingerprint density at radius 2 is 1.17 bits per heavy atom. The minimum Gasteiger partial charge on any atom is -0.311 e. The normalized spacial score (nSPS) is 16.7. The molecule has 58 heavy (non-hydrogen) atoms. The van der Waals surface area contributed by atoms with Crippen LogP contribution >= 0.6 is 0 Å². The van der Waals surface area contributed by atoms with Crippen molar-refractivity contribution in [2.75, 3.05) is 9.80 Å². The number of benzene rings is 6. The highest BCUT2D eigenvalue weighted by Crippen LogP contribution is 2.50. The fourth-order valence-electron chi connectivity index (χ4n) is 11.0. The van der Waals surface area contributed by atoms with E-state index in [1.54, 1.807) is 0 Å².